The third-order valence-electron chi connectivity index (χ3n) is 6.30. The van der Waals surface area contributed by atoms with Crippen LogP contribution in [0.2, 0.25) is 0 Å². The number of benzene rings is 1. The Labute approximate surface area is 164 Å². The van der Waals surface area contributed by atoms with E-state index in [1.807, 2.05) is 12.3 Å². The molecular weight excluding hydrogens is 332 g/mol. The van der Waals surface area contributed by atoms with Crippen LogP contribution in [0.5, 0.6) is 0 Å². The molecule has 3 heteroatoms. The van der Waals surface area contributed by atoms with Gasteiger partial charge in [-0.2, -0.15) is 0 Å². The molecule has 1 aliphatic heterocycles. The highest BCUT2D eigenvalue weighted by molar-refractivity contribution is 5.83. The summed E-state index contributed by atoms with van der Waals surface area (Å²) in [5.41, 5.74) is 3.30. The fourth-order valence-corrected chi connectivity index (χ4v) is 4.54. The summed E-state index contributed by atoms with van der Waals surface area (Å²) in [7, 11) is 0. The lowest BCUT2D eigenvalue weighted by atomic mass is 9.85. The van der Waals surface area contributed by atoms with Gasteiger partial charge in [0, 0.05) is 24.2 Å². The molecule has 0 spiro atoms. The van der Waals surface area contributed by atoms with E-state index in [1.165, 1.54) is 5.56 Å². The minimum Gasteiger partial charge on any atom is -0.387 e. The topological polar surface area (TPSA) is 36.4 Å². The second kappa shape index (κ2) is 8.99. The predicted molar refractivity (Wildman–Crippen MR) is 114 cm³/mol. The SMILES string of the molecule is C=CC1CN([C@H](CC)C(O)c2ccnc3ccc(CCC)cc23)CCC1C. The van der Waals surface area contributed by atoms with Crippen LogP contribution in [-0.2, 0) is 6.42 Å². The van der Waals surface area contributed by atoms with Crippen LogP contribution in [0.3, 0.4) is 0 Å². The second-order valence-electron chi connectivity index (χ2n) is 8.08. The molecule has 0 bridgehead atoms. The van der Waals surface area contributed by atoms with Crippen LogP contribution in [-0.4, -0.2) is 34.1 Å². The highest BCUT2D eigenvalue weighted by Crippen LogP contribution is 2.33. The molecule has 146 valence electrons. The van der Waals surface area contributed by atoms with Crippen molar-refractivity contribution < 1.29 is 5.11 Å². The minimum atomic E-state index is -0.503. The fourth-order valence-electron chi connectivity index (χ4n) is 4.54. The maximum absolute atomic E-state index is 11.4. The zero-order valence-corrected chi connectivity index (χ0v) is 17.1. The first-order chi connectivity index (χ1) is 13.1. The lowest BCUT2D eigenvalue weighted by molar-refractivity contribution is 0.0169. The number of aliphatic hydroxyl groups excluding tert-OH is 1. The fraction of sp³-hybridized carbons (Fsp3) is 0.542. The predicted octanol–water partition coefficient (Wildman–Crippen LogP) is 5.14. The van der Waals surface area contributed by atoms with E-state index in [-0.39, 0.29) is 6.04 Å². The molecule has 3 nitrogen and oxygen atoms in total. The molecule has 2 heterocycles. The molecule has 1 saturated heterocycles. The van der Waals surface area contributed by atoms with Crippen LogP contribution in [0.25, 0.3) is 10.9 Å². The highest BCUT2D eigenvalue weighted by atomic mass is 16.3. The number of hydrogen-bond acceptors (Lipinski definition) is 3. The van der Waals surface area contributed by atoms with Crippen molar-refractivity contribution >= 4 is 10.9 Å². The molecular formula is C24H34N2O. The van der Waals surface area contributed by atoms with Gasteiger partial charge in [0.15, 0.2) is 0 Å². The molecule has 1 aromatic heterocycles. The van der Waals surface area contributed by atoms with Crippen LogP contribution in [0.4, 0.5) is 0 Å². The zero-order chi connectivity index (χ0) is 19.4. The Morgan fingerprint density at radius 2 is 2.15 bits per heavy atom. The van der Waals surface area contributed by atoms with Crippen molar-refractivity contribution in [3.63, 3.8) is 0 Å². The van der Waals surface area contributed by atoms with Crippen molar-refractivity contribution in [2.75, 3.05) is 13.1 Å². The lowest BCUT2D eigenvalue weighted by Gasteiger charge is -2.42. The largest absolute Gasteiger partial charge is 0.387 e. The molecule has 1 N–H and O–H groups in total. The van der Waals surface area contributed by atoms with E-state index in [0.29, 0.717) is 11.8 Å². The average Bonchev–Trinajstić information content (AvgIpc) is 2.69. The number of pyridine rings is 1. The zero-order valence-electron chi connectivity index (χ0n) is 17.1. The number of likely N-dealkylation sites (tertiary alicyclic amines) is 1. The highest BCUT2D eigenvalue weighted by Gasteiger charge is 2.32. The van der Waals surface area contributed by atoms with Crippen molar-refractivity contribution in [2.24, 2.45) is 11.8 Å². The molecule has 1 aromatic carbocycles. The van der Waals surface area contributed by atoms with Gasteiger partial charge in [-0.25, -0.2) is 0 Å². The third kappa shape index (κ3) is 4.25. The summed E-state index contributed by atoms with van der Waals surface area (Å²) in [5.74, 6) is 1.18. The summed E-state index contributed by atoms with van der Waals surface area (Å²) in [4.78, 5) is 6.99. The first-order valence-electron chi connectivity index (χ1n) is 10.5. The number of rotatable bonds is 7. The molecule has 1 aliphatic rings. The summed E-state index contributed by atoms with van der Waals surface area (Å²) in [6, 6.07) is 8.60. The summed E-state index contributed by atoms with van der Waals surface area (Å²) in [6.07, 6.45) is 7.69. The molecule has 27 heavy (non-hydrogen) atoms. The van der Waals surface area contributed by atoms with E-state index in [2.05, 4.69) is 61.5 Å². The molecule has 3 rings (SSSR count). The standard InChI is InChI=1S/C24H34N2O/c1-5-8-18-9-10-22-21(15-18)20(11-13-25-22)24(27)23(7-3)26-14-12-17(4)19(6-2)16-26/h6,9-11,13,15,17,19,23-24,27H,2,5,7-8,12,14,16H2,1,3-4H3/t17?,19?,23-,24?/m1/s1. The van der Waals surface area contributed by atoms with Crippen LogP contribution >= 0.6 is 0 Å². The number of hydrogen-bond donors (Lipinski definition) is 1. The first kappa shape index (κ1) is 20.0. The summed E-state index contributed by atoms with van der Waals surface area (Å²) in [6.45, 7) is 12.8. The Morgan fingerprint density at radius 3 is 2.85 bits per heavy atom. The van der Waals surface area contributed by atoms with Crippen LogP contribution in [0.1, 0.15) is 57.3 Å². The Hall–Kier alpha value is -1.71. The van der Waals surface area contributed by atoms with Gasteiger partial charge >= 0.3 is 0 Å². The van der Waals surface area contributed by atoms with Gasteiger partial charge in [0.1, 0.15) is 0 Å². The maximum Gasteiger partial charge on any atom is 0.0952 e. The van der Waals surface area contributed by atoms with Crippen molar-refractivity contribution in [1.29, 1.82) is 0 Å². The summed E-state index contributed by atoms with van der Waals surface area (Å²) in [5, 5.41) is 12.5. The molecule has 0 aliphatic carbocycles. The second-order valence-corrected chi connectivity index (χ2v) is 8.08. The van der Waals surface area contributed by atoms with Crippen LogP contribution in [0, 0.1) is 11.8 Å². The minimum absolute atomic E-state index is 0.125. The number of piperidine rings is 1. The van der Waals surface area contributed by atoms with E-state index in [4.69, 9.17) is 0 Å². The Bertz CT molecular complexity index is 772. The maximum atomic E-state index is 11.4. The lowest BCUT2D eigenvalue weighted by Crippen LogP contribution is -2.47. The van der Waals surface area contributed by atoms with E-state index in [9.17, 15) is 5.11 Å². The van der Waals surface area contributed by atoms with Crippen molar-refractivity contribution in [3.05, 3.63) is 54.2 Å². The summed E-state index contributed by atoms with van der Waals surface area (Å²) < 4.78 is 0. The van der Waals surface area contributed by atoms with Gasteiger partial charge in [-0.1, -0.05) is 39.3 Å². The van der Waals surface area contributed by atoms with E-state index >= 15 is 0 Å². The molecule has 1 fully saturated rings. The third-order valence-corrected chi connectivity index (χ3v) is 6.30. The van der Waals surface area contributed by atoms with Gasteiger partial charge < -0.3 is 5.11 Å². The van der Waals surface area contributed by atoms with Gasteiger partial charge in [0.25, 0.3) is 0 Å². The van der Waals surface area contributed by atoms with Gasteiger partial charge in [0.2, 0.25) is 0 Å². The smallest absolute Gasteiger partial charge is 0.0952 e. The Kier molecular flexibility index (Phi) is 6.67. The number of aromatic nitrogens is 1. The number of aryl methyl sites for hydroxylation is 1. The van der Waals surface area contributed by atoms with Gasteiger partial charge in [-0.05, 0) is 67.0 Å². The van der Waals surface area contributed by atoms with Crippen LogP contribution < -0.4 is 0 Å². The van der Waals surface area contributed by atoms with Crippen molar-refractivity contribution in [3.8, 4) is 0 Å². The monoisotopic (exact) mass is 366 g/mol. The Morgan fingerprint density at radius 1 is 1.33 bits per heavy atom. The molecule has 2 aromatic rings. The summed E-state index contributed by atoms with van der Waals surface area (Å²) >= 11 is 0. The van der Waals surface area contributed by atoms with Crippen molar-refractivity contribution in [2.45, 2.75) is 58.6 Å². The number of nitrogens with zero attached hydrogens (tertiary/aromatic N) is 2. The molecule has 0 amide bonds. The van der Waals surface area contributed by atoms with Crippen LogP contribution in [0.15, 0.2) is 43.1 Å². The number of fused-ring (bicyclic) bond motifs is 1. The van der Waals surface area contributed by atoms with Gasteiger partial charge in [-0.3, -0.25) is 9.88 Å². The number of aliphatic hydroxyl groups is 1. The molecule has 4 atom stereocenters. The first-order valence-corrected chi connectivity index (χ1v) is 10.5. The quantitative estimate of drug-likeness (QED) is 0.689. The van der Waals surface area contributed by atoms with E-state index in [0.717, 1.165) is 55.2 Å². The molecule has 0 saturated carbocycles. The molecule has 0 radical (unpaired) electrons. The average molecular weight is 367 g/mol. The molecule has 3 unspecified atom stereocenters. The Balaban J connectivity index is 1.92. The van der Waals surface area contributed by atoms with E-state index in [1.54, 1.807) is 0 Å². The van der Waals surface area contributed by atoms with Gasteiger partial charge in [-0.15, -0.1) is 6.58 Å². The normalized spacial score (nSPS) is 23.3. The van der Waals surface area contributed by atoms with E-state index < -0.39 is 6.10 Å². The van der Waals surface area contributed by atoms with Gasteiger partial charge in [0.05, 0.1) is 11.6 Å². The van der Waals surface area contributed by atoms with Crippen molar-refractivity contribution in [1.82, 2.24) is 9.88 Å².